The van der Waals surface area contributed by atoms with Crippen LogP contribution in [0.25, 0.3) is 0 Å². The lowest BCUT2D eigenvalue weighted by atomic mass is 10.2. The van der Waals surface area contributed by atoms with Gasteiger partial charge in [-0.15, -0.1) is 0 Å². The summed E-state index contributed by atoms with van der Waals surface area (Å²) in [5.41, 5.74) is -0.413. The summed E-state index contributed by atoms with van der Waals surface area (Å²) < 4.78 is 54.8. The fraction of sp³-hybridized carbons (Fsp3) is 0.316. The van der Waals surface area contributed by atoms with Crippen molar-refractivity contribution in [1.29, 1.82) is 0 Å². The fourth-order valence-electron chi connectivity index (χ4n) is 2.55. The first-order valence-electron chi connectivity index (χ1n) is 8.84. The average molecular weight is 491 g/mol. The Labute approximate surface area is 178 Å². The van der Waals surface area contributed by atoms with Crippen LogP contribution in [-0.4, -0.2) is 43.6 Å². The number of carbonyl (C=O) groups excluding carboxylic acids is 1. The second kappa shape index (κ2) is 9.43. The minimum Gasteiger partial charge on any atom is -0.491 e. The first-order chi connectivity index (χ1) is 14.2. The van der Waals surface area contributed by atoms with Crippen LogP contribution in [0.4, 0.5) is 23.7 Å². The van der Waals surface area contributed by atoms with E-state index in [2.05, 4.69) is 26.6 Å². The molecular weight excluding hydrogens is 473 g/mol. The number of aliphatic hydroxyl groups is 1. The van der Waals surface area contributed by atoms with E-state index in [1.807, 2.05) is 0 Å². The summed E-state index contributed by atoms with van der Waals surface area (Å²) in [6.07, 6.45) is -5.62. The Morgan fingerprint density at radius 3 is 2.60 bits per heavy atom. The van der Waals surface area contributed by atoms with E-state index >= 15 is 0 Å². The maximum absolute atomic E-state index is 12.7. The van der Waals surface area contributed by atoms with Crippen LogP contribution >= 0.6 is 15.9 Å². The lowest BCUT2D eigenvalue weighted by Gasteiger charge is -2.20. The van der Waals surface area contributed by atoms with E-state index in [-0.39, 0.29) is 18.9 Å². The summed E-state index contributed by atoms with van der Waals surface area (Å²) >= 11 is 3.33. The van der Waals surface area contributed by atoms with Gasteiger partial charge in [-0.1, -0.05) is 6.07 Å². The van der Waals surface area contributed by atoms with E-state index in [1.54, 1.807) is 12.1 Å². The highest BCUT2D eigenvalue weighted by atomic mass is 79.9. The number of urea groups is 1. The maximum atomic E-state index is 12.7. The number of nitrogens with one attached hydrogen (secondary N) is 2. The number of benzene rings is 2. The highest BCUT2D eigenvalue weighted by Gasteiger charge is 2.30. The van der Waals surface area contributed by atoms with Gasteiger partial charge in [-0.25, -0.2) is 4.79 Å². The van der Waals surface area contributed by atoms with Crippen molar-refractivity contribution in [3.63, 3.8) is 0 Å². The fourth-order valence-corrected chi connectivity index (χ4v) is 2.97. The van der Waals surface area contributed by atoms with E-state index in [0.29, 0.717) is 34.9 Å². The molecule has 7 nitrogen and oxygen atoms in total. The molecule has 2 amide bonds. The number of alkyl halides is 3. The molecule has 1 heterocycles. The van der Waals surface area contributed by atoms with Crippen molar-refractivity contribution in [1.82, 2.24) is 5.32 Å². The van der Waals surface area contributed by atoms with E-state index < -0.39 is 23.9 Å². The Balaban J connectivity index is 1.47. The molecule has 0 fully saturated rings. The molecule has 0 bridgehead atoms. The molecule has 0 saturated heterocycles. The van der Waals surface area contributed by atoms with Gasteiger partial charge >= 0.3 is 12.2 Å². The zero-order valence-electron chi connectivity index (χ0n) is 15.5. The summed E-state index contributed by atoms with van der Waals surface area (Å²) in [5, 5.41) is 15.0. The predicted octanol–water partition coefficient (Wildman–Crippen LogP) is 3.80. The van der Waals surface area contributed by atoms with E-state index in [9.17, 15) is 23.1 Å². The van der Waals surface area contributed by atoms with Gasteiger partial charge in [0.05, 0.1) is 11.3 Å². The molecule has 0 spiro atoms. The average Bonchev–Trinajstić information content (AvgIpc) is 2.71. The number of carbonyl (C=O) groups is 1. The monoisotopic (exact) mass is 490 g/mol. The van der Waals surface area contributed by atoms with Crippen molar-refractivity contribution in [2.45, 2.75) is 12.3 Å². The number of fused-ring (bicyclic) bond motifs is 1. The topological polar surface area (TPSA) is 89.1 Å². The van der Waals surface area contributed by atoms with Gasteiger partial charge in [-0.3, -0.25) is 0 Å². The predicted molar refractivity (Wildman–Crippen MR) is 105 cm³/mol. The minimum atomic E-state index is -4.49. The first-order valence-corrected chi connectivity index (χ1v) is 9.64. The van der Waals surface area contributed by atoms with Crippen LogP contribution in [0.15, 0.2) is 40.9 Å². The summed E-state index contributed by atoms with van der Waals surface area (Å²) in [6.45, 7) is 0.369. The van der Waals surface area contributed by atoms with Crippen LogP contribution in [-0.2, 0) is 6.18 Å². The molecule has 1 unspecified atom stereocenters. The highest BCUT2D eigenvalue weighted by molar-refractivity contribution is 9.10. The van der Waals surface area contributed by atoms with Crippen molar-refractivity contribution >= 4 is 27.6 Å². The first kappa shape index (κ1) is 22.0. The van der Waals surface area contributed by atoms with Crippen molar-refractivity contribution in [3.05, 3.63) is 46.4 Å². The Bertz CT molecular complexity index is 910. The van der Waals surface area contributed by atoms with Crippen LogP contribution in [0, 0.1) is 0 Å². The highest BCUT2D eigenvalue weighted by Crippen LogP contribution is 2.38. The number of aliphatic hydroxyl groups excluding tert-OH is 1. The Morgan fingerprint density at radius 2 is 1.90 bits per heavy atom. The zero-order valence-corrected chi connectivity index (χ0v) is 17.0. The van der Waals surface area contributed by atoms with Crippen LogP contribution in [0.1, 0.15) is 5.56 Å². The Kier molecular flexibility index (Phi) is 6.93. The quantitative estimate of drug-likeness (QED) is 0.573. The molecule has 1 atom stereocenters. The number of hydrogen-bond donors (Lipinski definition) is 3. The Morgan fingerprint density at radius 1 is 1.20 bits per heavy atom. The van der Waals surface area contributed by atoms with Gasteiger partial charge in [0.1, 0.15) is 31.7 Å². The Hall–Kier alpha value is -2.66. The molecule has 0 radical (unpaired) electrons. The van der Waals surface area contributed by atoms with E-state index in [1.165, 1.54) is 12.1 Å². The molecule has 162 valence electrons. The molecule has 3 rings (SSSR count). The maximum Gasteiger partial charge on any atom is 0.416 e. The number of hydrogen-bond acceptors (Lipinski definition) is 5. The van der Waals surface area contributed by atoms with Gasteiger partial charge in [-0.2, -0.15) is 13.2 Å². The molecule has 1 aliphatic rings. The van der Waals surface area contributed by atoms with Crippen molar-refractivity contribution in [3.8, 4) is 17.2 Å². The van der Waals surface area contributed by atoms with E-state index in [0.717, 1.165) is 12.1 Å². The SMILES string of the molecule is O=C(NCC(O)COc1cccc(C(F)(F)F)c1)Nc1cc2c(cc1Br)OCCO2. The second-order valence-electron chi connectivity index (χ2n) is 6.30. The molecular formula is C19H18BrF3N2O5. The van der Waals surface area contributed by atoms with Crippen LogP contribution in [0.3, 0.4) is 0 Å². The zero-order chi connectivity index (χ0) is 21.7. The molecule has 2 aromatic carbocycles. The molecule has 30 heavy (non-hydrogen) atoms. The third-order valence-corrected chi connectivity index (χ3v) is 4.64. The summed E-state index contributed by atoms with van der Waals surface area (Å²) in [5.74, 6) is 1.02. The van der Waals surface area contributed by atoms with Gasteiger partial charge in [0.2, 0.25) is 0 Å². The second-order valence-corrected chi connectivity index (χ2v) is 7.16. The van der Waals surface area contributed by atoms with Gasteiger partial charge < -0.3 is 30.0 Å². The molecule has 0 aromatic heterocycles. The van der Waals surface area contributed by atoms with Gasteiger partial charge in [0.25, 0.3) is 0 Å². The number of halogens is 4. The third-order valence-electron chi connectivity index (χ3n) is 3.98. The molecule has 11 heteroatoms. The van der Waals surface area contributed by atoms with Crippen LogP contribution in [0.5, 0.6) is 17.2 Å². The normalized spacial score (nSPS) is 14.0. The van der Waals surface area contributed by atoms with Gasteiger partial charge in [0.15, 0.2) is 11.5 Å². The lowest BCUT2D eigenvalue weighted by Crippen LogP contribution is -2.37. The molecule has 2 aromatic rings. The van der Waals surface area contributed by atoms with Crippen LogP contribution < -0.4 is 24.8 Å². The number of ether oxygens (including phenoxy) is 3. The molecule has 1 aliphatic heterocycles. The summed E-state index contributed by atoms with van der Waals surface area (Å²) in [7, 11) is 0. The van der Waals surface area contributed by atoms with Gasteiger partial charge in [0, 0.05) is 23.2 Å². The third kappa shape index (κ3) is 5.92. The smallest absolute Gasteiger partial charge is 0.416 e. The van der Waals surface area contributed by atoms with Crippen LogP contribution in [0.2, 0.25) is 0 Å². The molecule has 0 aliphatic carbocycles. The largest absolute Gasteiger partial charge is 0.491 e. The van der Waals surface area contributed by atoms with E-state index in [4.69, 9.17) is 14.2 Å². The lowest BCUT2D eigenvalue weighted by molar-refractivity contribution is -0.137. The van der Waals surface area contributed by atoms with Crippen molar-refractivity contribution in [2.75, 3.05) is 31.7 Å². The molecule has 0 saturated carbocycles. The van der Waals surface area contributed by atoms with Crippen molar-refractivity contribution < 1.29 is 37.3 Å². The number of anilines is 1. The number of rotatable bonds is 6. The standard InChI is InChI=1S/C19H18BrF3N2O5/c20-14-7-16-17(29-5-4-28-16)8-15(14)25-18(27)24-9-12(26)10-30-13-3-1-2-11(6-13)19(21,22)23/h1-3,6-8,12,26H,4-5,9-10H2,(H2,24,25,27). The number of amides is 2. The molecule has 3 N–H and O–H groups in total. The van der Waals surface area contributed by atoms with Gasteiger partial charge in [-0.05, 0) is 34.1 Å². The summed E-state index contributed by atoms with van der Waals surface area (Å²) in [6, 6.07) is 7.00. The minimum absolute atomic E-state index is 0.0338. The summed E-state index contributed by atoms with van der Waals surface area (Å²) in [4.78, 5) is 12.1. The van der Waals surface area contributed by atoms with Crippen molar-refractivity contribution in [2.24, 2.45) is 0 Å².